The lowest BCUT2D eigenvalue weighted by Gasteiger charge is -2.44. The van der Waals surface area contributed by atoms with Gasteiger partial charge in [-0.05, 0) is 125 Å². The first-order valence-corrected chi connectivity index (χ1v) is 20.7. The highest BCUT2D eigenvalue weighted by atomic mass is 15.2. The zero-order chi connectivity index (χ0) is 36.6. The van der Waals surface area contributed by atoms with Gasteiger partial charge in [-0.25, -0.2) is 0 Å². The van der Waals surface area contributed by atoms with Crippen molar-refractivity contribution in [2.24, 2.45) is 23.7 Å². The molecule has 1 heterocycles. The number of anilines is 4. The van der Waals surface area contributed by atoms with Crippen molar-refractivity contribution in [3.63, 3.8) is 0 Å². The van der Waals surface area contributed by atoms with E-state index in [0.29, 0.717) is 23.9 Å². The molecule has 2 nitrogen and oxygen atoms in total. The molecule has 0 aromatic heterocycles. The van der Waals surface area contributed by atoms with Gasteiger partial charge in [0.1, 0.15) is 0 Å². The summed E-state index contributed by atoms with van der Waals surface area (Å²) in [6.07, 6.45) is 19.3. The Morgan fingerprint density at radius 2 is 0.873 bits per heavy atom. The van der Waals surface area contributed by atoms with E-state index in [1.807, 2.05) is 0 Å². The molecular weight excluding hydrogens is 665 g/mol. The van der Waals surface area contributed by atoms with Gasteiger partial charge in [-0.2, -0.15) is 0 Å². The minimum Gasteiger partial charge on any atom is -0.364 e. The molecule has 1 aliphatic heterocycles. The Hall–Kier alpha value is -5.60. The summed E-state index contributed by atoms with van der Waals surface area (Å²) in [4.78, 5) is 5.30. The van der Waals surface area contributed by atoms with Crippen LogP contribution >= 0.6 is 0 Å². The van der Waals surface area contributed by atoms with E-state index < -0.39 is 0 Å². The van der Waals surface area contributed by atoms with E-state index in [4.69, 9.17) is 0 Å². The molecule has 6 aromatic carbocycles. The molecule has 55 heavy (non-hydrogen) atoms. The maximum absolute atomic E-state index is 2.93. The average Bonchev–Trinajstić information content (AvgIpc) is 3.38. The van der Waals surface area contributed by atoms with Gasteiger partial charge in [0, 0.05) is 40.8 Å². The Morgan fingerprint density at radius 1 is 0.400 bits per heavy atom. The quantitative estimate of drug-likeness (QED) is 0.162. The van der Waals surface area contributed by atoms with Crippen LogP contribution in [0.3, 0.4) is 0 Å². The van der Waals surface area contributed by atoms with E-state index in [-0.39, 0.29) is 0 Å². The first kappa shape index (κ1) is 33.9. The predicted molar refractivity (Wildman–Crippen MR) is 232 cm³/mol. The van der Waals surface area contributed by atoms with Crippen molar-refractivity contribution >= 4 is 22.7 Å². The van der Waals surface area contributed by atoms with Crippen molar-refractivity contribution in [1.29, 1.82) is 0 Å². The van der Waals surface area contributed by atoms with Gasteiger partial charge in [-0.3, -0.25) is 0 Å². The minimum atomic E-state index is 0.618. The number of hydrogen-bond donors (Lipinski definition) is 0. The third kappa shape index (κ3) is 6.52. The fourth-order valence-electron chi connectivity index (χ4n) is 10.7. The first-order valence-electron chi connectivity index (χ1n) is 20.7. The summed E-state index contributed by atoms with van der Waals surface area (Å²) < 4.78 is 0. The zero-order valence-corrected chi connectivity index (χ0v) is 31.6. The van der Waals surface area contributed by atoms with Gasteiger partial charge in [0.2, 0.25) is 0 Å². The largest absolute Gasteiger partial charge is 0.364 e. The standard InChI is InChI=1S/C53H50N2/c1-4-12-38(13-5-1)40-20-29-45(30-21-40)54(46-31-22-41(23-32-46)39-14-6-2-7-15-39)47-33-24-42(25-34-47)43-26-35-48(36-27-43)55-52-19-9-3-8-18-50(52)51-37-28-44-16-10-11-17-49(44)53(51)55/h1-2,4-7,10-17,20-27,29-36,44,49-53H,3,8-9,18-19,28,37H2. The highest BCUT2D eigenvalue weighted by Crippen LogP contribution is 2.54. The van der Waals surface area contributed by atoms with E-state index >= 15 is 0 Å². The number of benzene rings is 6. The lowest BCUT2D eigenvalue weighted by atomic mass is 9.66. The Bertz CT molecular complexity index is 2170. The van der Waals surface area contributed by atoms with Crippen LogP contribution in [0, 0.1) is 23.7 Å². The van der Waals surface area contributed by atoms with E-state index in [2.05, 4.69) is 192 Å². The van der Waals surface area contributed by atoms with Gasteiger partial charge in [0.25, 0.3) is 0 Å². The number of nitrogens with zero attached hydrogens (tertiary/aromatic N) is 2. The fourth-order valence-corrected chi connectivity index (χ4v) is 10.7. The van der Waals surface area contributed by atoms with Gasteiger partial charge in [-0.15, -0.1) is 0 Å². The lowest BCUT2D eigenvalue weighted by Crippen LogP contribution is -2.46. The molecule has 0 spiro atoms. The normalized spacial score (nSPS) is 24.0. The van der Waals surface area contributed by atoms with E-state index in [9.17, 15) is 0 Å². The van der Waals surface area contributed by atoms with Gasteiger partial charge >= 0.3 is 0 Å². The van der Waals surface area contributed by atoms with Crippen LogP contribution in [0.4, 0.5) is 22.7 Å². The molecule has 2 heteroatoms. The molecule has 0 bridgehead atoms. The van der Waals surface area contributed by atoms with Crippen molar-refractivity contribution in [2.45, 2.75) is 57.0 Å². The van der Waals surface area contributed by atoms with E-state index in [1.165, 1.54) is 84.0 Å². The number of allylic oxidation sites excluding steroid dienone is 3. The molecular formula is C53H50N2. The second-order valence-electron chi connectivity index (χ2n) is 16.3. The molecule has 0 radical (unpaired) electrons. The summed E-state index contributed by atoms with van der Waals surface area (Å²) in [5, 5.41) is 0. The van der Waals surface area contributed by atoms with Gasteiger partial charge in [0.15, 0.2) is 0 Å². The molecule has 3 fully saturated rings. The van der Waals surface area contributed by atoms with Crippen molar-refractivity contribution in [1.82, 2.24) is 0 Å². The molecule has 3 aliphatic carbocycles. The maximum Gasteiger partial charge on any atom is 0.0462 e. The van der Waals surface area contributed by atoms with Crippen molar-refractivity contribution in [3.8, 4) is 33.4 Å². The van der Waals surface area contributed by atoms with Gasteiger partial charge < -0.3 is 9.80 Å². The SMILES string of the molecule is C1=CC2CCC3C4CCCCCC4N(c4ccc(-c5ccc(N(c6ccc(-c7ccccc7)cc6)c6ccc(-c7ccccc7)cc6)cc5)cc4)C3C2C=C1. The summed E-state index contributed by atoms with van der Waals surface area (Å²) >= 11 is 0. The van der Waals surface area contributed by atoms with Crippen LogP contribution < -0.4 is 9.80 Å². The van der Waals surface area contributed by atoms with Gasteiger partial charge in [0.05, 0.1) is 0 Å². The van der Waals surface area contributed by atoms with Crippen LogP contribution in [0.2, 0.25) is 0 Å². The summed E-state index contributed by atoms with van der Waals surface area (Å²) in [5.41, 5.74) is 12.3. The molecule has 6 unspecified atom stereocenters. The smallest absolute Gasteiger partial charge is 0.0462 e. The third-order valence-electron chi connectivity index (χ3n) is 13.3. The topological polar surface area (TPSA) is 6.48 Å². The molecule has 10 rings (SSSR count). The summed E-state index contributed by atoms with van der Waals surface area (Å²) in [6, 6.07) is 59.3. The number of rotatable bonds is 7. The van der Waals surface area contributed by atoms with Crippen LogP contribution in [-0.2, 0) is 0 Å². The average molecular weight is 715 g/mol. The van der Waals surface area contributed by atoms with Gasteiger partial charge in [-0.1, -0.05) is 153 Å². The van der Waals surface area contributed by atoms with Crippen LogP contribution in [0.15, 0.2) is 182 Å². The minimum absolute atomic E-state index is 0.618. The second kappa shape index (κ2) is 14.9. The monoisotopic (exact) mass is 714 g/mol. The number of hydrogen-bond acceptors (Lipinski definition) is 2. The van der Waals surface area contributed by atoms with E-state index in [1.54, 1.807) is 0 Å². The van der Waals surface area contributed by atoms with Crippen LogP contribution in [-0.4, -0.2) is 12.1 Å². The lowest BCUT2D eigenvalue weighted by molar-refractivity contribution is 0.191. The van der Waals surface area contributed by atoms with Crippen molar-refractivity contribution in [3.05, 3.63) is 182 Å². The summed E-state index contributed by atoms with van der Waals surface area (Å²) in [5.74, 6) is 2.98. The second-order valence-corrected chi connectivity index (χ2v) is 16.3. The Morgan fingerprint density at radius 3 is 1.42 bits per heavy atom. The first-order chi connectivity index (χ1) is 27.3. The Balaban J connectivity index is 0.950. The van der Waals surface area contributed by atoms with E-state index in [0.717, 1.165) is 28.9 Å². The molecule has 1 saturated heterocycles. The Labute approximate surface area is 327 Å². The van der Waals surface area contributed by atoms with Crippen molar-refractivity contribution < 1.29 is 0 Å². The highest BCUT2D eigenvalue weighted by Gasteiger charge is 2.53. The summed E-state index contributed by atoms with van der Waals surface area (Å²) in [7, 11) is 0. The highest BCUT2D eigenvalue weighted by molar-refractivity contribution is 5.81. The fraction of sp³-hybridized carbons (Fsp3) is 0.245. The molecule has 0 amide bonds. The summed E-state index contributed by atoms with van der Waals surface area (Å²) in [6.45, 7) is 0. The Kier molecular flexibility index (Phi) is 9.20. The molecule has 2 saturated carbocycles. The van der Waals surface area contributed by atoms with Crippen molar-refractivity contribution in [2.75, 3.05) is 9.80 Å². The molecule has 6 aromatic rings. The molecule has 4 aliphatic rings. The third-order valence-corrected chi connectivity index (χ3v) is 13.3. The van der Waals surface area contributed by atoms with Crippen LogP contribution in [0.1, 0.15) is 44.9 Å². The van der Waals surface area contributed by atoms with Crippen LogP contribution in [0.5, 0.6) is 0 Å². The predicted octanol–water partition coefficient (Wildman–Crippen LogP) is 14.1. The number of fused-ring (bicyclic) bond motifs is 5. The zero-order valence-electron chi connectivity index (χ0n) is 31.6. The molecule has 272 valence electrons. The molecule has 0 N–H and O–H groups in total. The van der Waals surface area contributed by atoms with Crippen LogP contribution in [0.25, 0.3) is 33.4 Å². The molecule has 6 atom stereocenters. The maximum atomic E-state index is 2.93.